The number of nitrogens with zero attached hydrogens (tertiary/aromatic N) is 1. The minimum atomic E-state index is 0.657. The molecule has 0 saturated carbocycles. The van der Waals surface area contributed by atoms with Gasteiger partial charge in [0.25, 0.3) is 0 Å². The minimum absolute atomic E-state index is 0.657. The largest absolute Gasteiger partial charge is 0.313 e. The molecule has 0 saturated heterocycles. The molecule has 2 nitrogen and oxygen atoms in total. The van der Waals surface area contributed by atoms with E-state index in [9.17, 15) is 0 Å². The van der Waals surface area contributed by atoms with Crippen LogP contribution in [0.3, 0.4) is 0 Å². The third-order valence-corrected chi connectivity index (χ3v) is 3.49. The van der Waals surface area contributed by atoms with Crippen LogP contribution in [0, 0.1) is 0 Å². The maximum Gasteiger partial charge on any atom is 0.0409 e. The molecule has 18 heavy (non-hydrogen) atoms. The summed E-state index contributed by atoms with van der Waals surface area (Å²) in [6.45, 7) is 7.52. The third-order valence-electron chi connectivity index (χ3n) is 3.25. The second-order valence-corrected chi connectivity index (χ2v) is 5.27. The van der Waals surface area contributed by atoms with Crippen LogP contribution < -0.4 is 5.32 Å². The smallest absolute Gasteiger partial charge is 0.0409 e. The van der Waals surface area contributed by atoms with Gasteiger partial charge in [-0.05, 0) is 37.6 Å². The van der Waals surface area contributed by atoms with E-state index < -0.39 is 0 Å². The molecule has 0 atom stereocenters. The molecule has 0 heterocycles. The molecule has 0 aliphatic carbocycles. The lowest BCUT2D eigenvalue weighted by Crippen LogP contribution is -2.35. The van der Waals surface area contributed by atoms with Gasteiger partial charge in [-0.1, -0.05) is 37.6 Å². The number of nitrogens with one attached hydrogen (secondary N) is 1. The second kappa shape index (κ2) is 8.52. The Hall–Kier alpha value is -0.570. The molecule has 1 N–H and O–H groups in total. The highest BCUT2D eigenvalue weighted by Crippen LogP contribution is 2.11. The van der Waals surface area contributed by atoms with E-state index in [1.54, 1.807) is 0 Å². The maximum absolute atomic E-state index is 5.98. The summed E-state index contributed by atoms with van der Waals surface area (Å²) in [5, 5.41) is 4.40. The average molecular weight is 269 g/mol. The zero-order chi connectivity index (χ0) is 13.4. The highest BCUT2D eigenvalue weighted by atomic mass is 35.5. The molecule has 0 aromatic heterocycles. The molecule has 0 aliphatic heterocycles. The van der Waals surface area contributed by atoms with E-state index in [0.29, 0.717) is 6.04 Å². The van der Waals surface area contributed by atoms with Crippen molar-refractivity contribution in [2.75, 3.05) is 20.1 Å². The summed E-state index contributed by atoms with van der Waals surface area (Å²) in [7, 11) is 2.15. The van der Waals surface area contributed by atoms with Crippen molar-refractivity contribution in [1.29, 1.82) is 0 Å². The van der Waals surface area contributed by atoms with E-state index in [1.165, 1.54) is 18.4 Å². The van der Waals surface area contributed by atoms with Gasteiger partial charge in [0.1, 0.15) is 0 Å². The van der Waals surface area contributed by atoms with Crippen molar-refractivity contribution in [1.82, 2.24) is 10.2 Å². The zero-order valence-electron chi connectivity index (χ0n) is 11.7. The van der Waals surface area contributed by atoms with E-state index in [-0.39, 0.29) is 0 Å². The first-order valence-corrected chi connectivity index (χ1v) is 7.19. The Labute approximate surface area is 116 Å². The molecule has 3 heteroatoms. The molecule has 102 valence electrons. The van der Waals surface area contributed by atoms with Crippen LogP contribution in [0.15, 0.2) is 24.3 Å². The van der Waals surface area contributed by atoms with Gasteiger partial charge >= 0.3 is 0 Å². The highest BCUT2D eigenvalue weighted by Gasteiger charge is 2.04. The molecule has 1 aromatic carbocycles. The van der Waals surface area contributed by atoms with Gasteiger partial charge in [0.05, 0.1) is 0 Å². The van der Waals surface area contributed by atoms with Crippen LogP contribution in [0.25, 0.3) is 0 Å². The summed E-state index contributed by atoms with van der Waals surface area (Å²) in [6.07, 6.45) is 2.41. The van der Waals surface area contributed by atoms with Crippen molar-refractivity contribution in [3.8, 4) is 0 Å². The van der Waals surface area contributed by atoms with Crippen LogP contribution in [-0.4, -0.2) is 31.1 Å². The monoisotopic (exact) mass is 268 g/mol. The summed E-state index contributed by atoms with van der Waals surface area (Å²) >= 11 is 5.98. The lowest BCUT2D eigenvalue weighted by atomic mass is 10.2. The topological polar surface area (TPSA) is 15.3 Å². The van der Waals surface area contributed by atoms with Gasteiger partial charge in [-0.3, -0.25) is 0 Å². The van der Waals surface area contributed by atoms with Gasteiger partial charge in [0, 0.05) is 30.7 Å². The number of hydrogen-bond donors (Lipinski definition) is 1. The molecule has 0 aliphatic rings. The first-order valence-electron chi connectivity index (χ1n) is 6.82. The van der Waals surface area contributed by atoms with Gasteiger partial charge < -0.3 is 10.2 Å². The fourth-order valence-corrected chi connectivity index (χ4v) is 2.28. The van der Waals surface area contributed by atoms with E-state index in [0.717, 1.165) is 24.7 Å². The SMILES string of the molecule is CCC(CC)NCCN(C)Cc1cccc(Cl)c1. The predicted octanol–water partition coefficient (Wildman–Crippen LogP) is 3.55. The maximum atomic E-state index is 5.98. The molecular formula is C15H25ClN2. The molecule has 0 radical (unpaired) electrons. The summed E-state index contributed by atoms with van der Waals surface area (Å²) < 4.78 is 0. The lowest BCUT2D eigenvalue weighted by molar-refractivity contribution is 0.314. The Morgan fingerprint density at radius 3 is 2.61 bits per heavy atom. The molecule has 1 aromatic rings. The standard InChI is InChI=1S/C15H25ClN2/c1-4-15(5-2)17-9-10-18(3)12-13-7-6-8-14(16)11-13/h6-8,11,15,17H,4-5,9-10,12H2,1-3H3. The molecular weight excluding hydrogens is 244 g/mol. The van der Waals surface area contributed by atoms with Gasteiger partial charge in [-0.2, -0.15) is 0 Å². The fraction of sp³-hybridized carbons (Fsp3) is 0.600. The summed E-state index contributed by atoms with van der Waals surface area (Å²) in [5.41, 5.74) is 1.27. The average Bonchev–Trinajstić information content (AvgIpc) is 2.34. The first kappa shape index (κ1) is 15.5. The summed E-state index contributed by atoms with van der Waals surface area (Å²) in [6, 6.07) is 8.74. The summed E-state index contributed by atoms with van der Waals surface area (Å²) in [4.78, 5) is 2.32. The Kier molecular flexibility index (Phi) is 7.33. The highest BCUT2D eigenvalue weighted by molar-refractivity contribution is 6.30. The molecule has 0 amide bonds. The molecule has 1 rings (SSSR count). The van der Waals surface area contributed by atoms with Crippen LogP contribution in [0.1, 0.15) is 32.3 Å². The number of rotatable bonds is 8. The number of likely N-dealkylation sites (N-methyl/N-ethyl adjacent to an activating group) is 1. The normalized spacial score (nSPS) is 11.4. The Morgan fingerprint density at radius 2 is 2.00 bits per heavy atom. The minimum Gasteiger partial charge on any atom is -0.313 e. The molecule has 0 unspecified atom stereocenters. The summed E-state index contributed by atoms with van der Waals surface area (Å²) in [5.74, 6) is 0. The quantitative estimate of drug-likeness (QED) is 0.776. The van der Waals surface area contributed by atoms with Crippen molar-refractivity contribution < 1.29 is 0 Å². The number of benzene rings is 1. The first-order chi connectivity index (χ1) is 8.65. The third kappa shape index (κ3) is 5.85. The zero-order valence-corrected chi connectivity index (χ0v) is 12.5. The van der Waals surface area contributed by atoms with Crippen LogP contribution in [-0.2, 0) is 6.54 Å². The number of halogens is 1. The Morgan fingerprint density at radius 1 is 1.28 bits per heavy atom. The van der Waals surface area contributed by atoms with Crippen molar-refractivity contribution in [2.24, 2.45) is 0 Å². The fourth-order valence-electron chi connectivity index (χ4n) is 2.06. The van der Waals surface area contributed by atoms with E-state index >= 15 is 0 Å². The second-order valence-electron chi connectivity index (χ2n) is 4.84. The molecule has 0 spiro atoms. The van der Waals surface area contributed by atoms with E-state index in [1.807, 2.05) is 18.2 Å². The predicted molar refractivity (Wildman–Crippen MR) is 80.2 cm³/mol. The number of hydrogen-bond acceptors (Lipinski definition) is 2. The van der Waals surface area contributed by atoms with Crippen molar-refractivity contribution in [2.45, 2.75) is 39.3 Å². The Balaban J connectivity index is 2.27. The van der Waals surface area contributed by atoms with E-state index in [4.69, 9.17) is 11.6 Å². The Bertz CT molecular complexity index is 337. The van der Waals surface area contributed by atoms with Crippen LogP contribution >= 0.6 is 11.6 Å². The van der Waals surface area contributed by atoms with Crippen molar-refractivity contribution in [3.05, 3.63) is 34.9 Å². The van der Waals surface area contributed by atoms with Gasteiger partial charge in [-0.25, -0.2) is 0 Å². The van der Waals surface area contributed by atoms with E-state index in [2.05, 4.69) is 37.2 Å². The van der Waals surface area contributed by atoms with Gasteiger partial charge in [0.2, 0.25) is 0 Å². The van der Waals surface area contributed by atoms with Crippen LogP contribution in [0.2, 0.25) is 5.02 Å². The lowest BCUT2D eigenvalue weighted by Gasteiger charge is -2.20. The van der Waals surface area contributed by atoms with Crippen LogP contribution in [0.5, 0.6) is 0 Å². The van der Waals surface area contributed by atoms with Gasteiger partial charge in [0.15, 0.2) is 0 Å². The molecule has 0 bridgehead atoms. The van der Waals surface area contributed by atoms with Crippen molar-refractivity contribution in [3.63, 3.8) is 0 Å². The van der Waals surface area contributed by atoms with Crippen LogP contribution in [0.4, 0.5) is 0 Å². The molecule has 0 fully saturated rings. The van der Waals surface area contributed by atoms with Crippen molar-refractivity contribution >= 4 is 11.6 Å². The van der Waals surface area contributed by atoms with Gasteiger partial charge in [-0.15, -0.1) is 0 Å².